The fraction of sp³-hybridized carbons (Fsp3) is 0.0476. The second-order valence-corrected chi connectivity index (χ2v) is 6.72. The lowest BCUT2D eigenvalue weighted by atomic mass is 10.0. The van der Waals surface area contributed by atoms with Crippen LogP contribution >= 0.6 is 15.9 Å². The van der Waals surface area contributed by atoms with Crippen molar-refractivity contribution in [3.63, 3.8) is 0 Å². The van der Waals surface area contributed by atoms with E-state index in [4.69, 9.17) is 4.74 Å². The number of hydrogen-bond acceptors (Lipinski definition) is 3. The van der Waals surface area contributed by atoms with Gasteiger partial charge in [0, 0.05) is 21.6 Å². The van der Waals surface area contributed by atoms with E-state index in [0.29, 0.717) is 22.0 Å². The fourth-order valence-electron chi connectivity index (χ4n) is 3.21. The number of rotatable bonds is 2. The summed E-state index contributed by atoms with van der Waals surface area (Å²) in [5.41, 5.74) is 1.61. The normalized spacial score (nSPS) is 11.0. The third kappa shape index (κ3) is 2.52. The first-order valence-corrected chi connectivity index (χ1v) is 8.81. The number of nitrogens with zero attached hydrogens (tertiary/aromatic N) is 1. The zero-order valence-corrected chi connectivity index (χ0v) is 15.5. The molecule has 3 aromatic carbocycles. The van der Waals surface area contributed by atoms with Gasteiger partial charge in [0.15, 0.2) is 0 Å². The summed E-state index contributed by atoms with van der Waals surface area (Å²) in [6, 6.07) is 18.7. The van der Waals surface area contributed by atoms with Gasteiger partial charge in [-0.25, -0.2) is 4.79 Å². The molecule has 0 N–H and O–H groups in total. The summed E-state index contributed by atoms with van der Waals surface area (Å²) < 4.78 is 7.30. The summed E-state index contributed by atoms with van der Waals surface area (Å²) in [5, 5.41) is 2.50. The van der Waals surface area contributed by atoms with Crippen LogP contribution in [0.4, 0.5) is 0 Å². The molecule has 4 aromatic rings. The first-order valence-electron chi connectivity index (χ1n) is 8.02. The number of ether oxygens (including phenoxy) is 1. The second-order valence-electron chi connectivity index (χ2n) is 5.87. The average Bonchev–Trinajstić information content (AvgIpc) is 3.06. The highest BCUT2D eigenvalue weighted by atomic mass is 79.9. The van der Waals surface area contributed by atoms with Crippen LogP contribution in [0.15, 0.2) is 71.3 Å². The van der Waals surface area contributed by atoms with Gasteiger partial charge in [-0.05, 0) is 29.0 Å². The minimum absolute atomic E-state index is 0.194. The molecule has 0 spiro atoms. The summed E-state index contributed by atoms with van der Waals surface area (Å²) in [4.78, 5) is 25.4. The number of aromatic nitrogens is 1. The predicted octanol–water partition coefficient (Wildman–Crippen LogP) is 5.03. The van der Waals surface area contributed by atoms with Crippen LogP contribution in [-0.4, -0.2) is 23.6 Å². The Labute approximate surface area is 158 Å². The number of fused-ring (bicyclic) bond motifs is 2. The van der Waals surface area contributed by atoms with Crippen molar-refractivity contribution in [2.24, 2.45) is 0 Å². The van der Waals surface area contributed by atoms with E-state index in [0.717, 1.165) is 15.2 Å². The van der Waals surface area contributed by atoms with E-state index in [1.54, 1.807) is 12.3 Å². The van der Waals surface area contributed by atoms with E-state index < -0.39 is 5.97 Å². The SMILES string of the molecule is COC(=O)c1cn(C(=O)c2cccc3c(Br)cccc23)c2ccccc12. The second kappa shape index (κ2) is 6.42. The molecular weight excluding hydrogens is 394 g/mol. The summed E-state index contributed by atoms with van der Waals surface area (Å²) in [6.45, 7) is 0. The standard InChI is InChI=1S/C21H14BrNO3/c1-26-21(25)17-12-23(19-11-3-2-6-15(17)19)20(24)16-9-4-8-14-13(16)7-5-10-18(14)22/h2-12H,1H3. The topological polar surface area (TPSA) is 48.3 Å². The van der Waals surface area contributed by atoms with Gasteiger partial charge in [0.2, 0.25) is 0 Å². The maximum absolute atomic E-state index is 13.3. The van der Waals surface area contributed by atoms with E-state index in [2.05, 4.69) is 15.9 Å². The monoisotopic (exact) mass is 407 g/mol. The zero-order chi connectivity index (χ0) is 18.3. The Morgan fingerprint density at radius 1 is 0.846 bits per heavy atom. The van der Waals surface area contributed by atoms with Gasteiger partial charge in [-0.15, -0.1) is 0 Å². The largest absolute Gasteiger partial charge is 0.465 e. The van der Waals surface area contributed by atoms with Crippen LogP contribution < -0.4 is 0 Å². The van der Waals surface area contributed by atoms with E-state index >= 15 is 0 Å². The number of hydrogen-bond donors (Lipinski definition) is 0. The maximum Gasteiger partial charge on any atom is 0.340 e. The average molecular weight is 408 g/mol. The van der Waals surface area contributed by atoms with Crippen molar-refractivity contribution in [1.82, 2.24) is 4.57 Å². The first kappa shape index (κ1) is 16.5. The highest BCUT2D eigenvalue weighted by Gasteiger charge is 2.20. The molecule has 0 fully saturated rings. The van der Waals surface area contributed by atoms with Gasteiger partial charge >= 0.3 is 5.97 Å². The van der Waals surface area contributed by atoms with Gasteiger partial charge in [-0.1, -0.05) is 58.4 Å². The van der Waals surface area contributed by atoms with Gasteiger partial charge in [-0.3, -0.25) is 9.36 Å². The number of carbonyl (C=O) groups is 2. The molecule has 0 aliphatic carbocycles. The van der Waals surface area contributed by atoms with Crippen LogP contribution in [0.25, 0.3) is 21.7 Å². The molecule has 0 aliphatic heterocycles. The fourth-order valence-corrected chi connectivity index (χ4v) is 3.71. The van der Waals surface area contributed by atoms with Crippen LogP contribution in [0.2, 0.25) is 0 Å². The van der Waals surface area contributed by atoms with Crippen molar-refractivity contribution in [1.29, 1.82) is 0 Å². The Morgan fingerprint density at radius 3 is 2.35 bits per heavy atom. The molecular formula is C21H14BrNO3. The van der Waals surface area contributed by atoms with Crippen LogP contribution in [0, 0.1) is 0 Å². The molecule has 0 atom stereocenters. The molecule has 1 aromatic heterocycles. The number of halogens is 1. The molecule has 5 heteroatoms. The Hall–Kier alpha value is -2.92. The Morgan fingerprint density at radius 2 is 1.54 bits per heavy atom. The lowest BCUT2D eigenvalue weighted by Gasteiger charge is -2.09. The van der Waals surface area contributed by atoms with Crippen molar-refractivity contribution in [2.45, 2.75) is 0 Å². The zero-order valence-electron chi connectivity index (χ0n) is 13.9. The number of benzene rings is 3. The van der Waals surface area contributed by atoms with Crippen molar-refractivity contribution in [2.75, 3.05) is 7.11 Å². The van der Waals surface area contributed by atoms with E-state index in [1.165, 1.54) is 11.7 Å². The maximum atomic E-state index is 13.3. The van der Waals surface area contributed by atoms with Crippen LogP contribution in [0.5, 0.6) is 0 Å². The lowest BCUT2D eigenvalue weighted by molar-refractivity contribution is 0.0603. The van der Waals surface area contributed by atoms with Gasteiger partial charge in [0.05, 0.1) is 18.2 Å². The van der Waals surface area contributed by atoms with Crippen LogP contribution in [0.3, 0.4) is 0 Å². The molecule has 4 nitrogen and oxygen atoms in total. The summed E-state index contributed by atoms with van der Waals surface area (Å²) in [6.07, 6.45) is 1.55. The number of methoxy groups -OCH3 is 1. The molecule has 0 saturated heterocycles. The third-order valence-corrected chi connectivity index (χ3v) is 5.13. The minimum atomic E-state index is -0.464. The Bertz CT molecular complexity index is 1180. The van der Waals surface area contributed by atoms with Crippen molar-refractivity contribution in [3.05, 3.63) is 82.5 Å². The van der Waals surface area contributed by atoms with Gasteiger partial charge in [0.1, 0.15) is 0 Å². The third-order valence-electron chi connectivity index (χ3n) is 4.44. The summed E-state index contributed by atoms with van der Waals surface area (Å²) in [5.74, 6) is -0.659. The molecule has 0 amide bonds. The lowest BCUT2D eigenvalue weighted by Crippen LogP contribution is -2.11. The Kier molecular flexibility index (Phi) is 4.09. The van der Waals surface area contributed by atoms with E-state index in [1.807, 2.05) is 54.6 Å². The predicted molar refractivity (Wildman–Crippen MR) is 105 cm³/mol. The van der Waals surface area contributed by atoms with Crippen molar-refractivity contribution < 1.29 is 14.3 Å². The quantitative estimate of drug-likeness (QED) is 0.437. The molecule has 128 valence electrons. The number of esters is 1. The molecule has 26 heavy (non-hydrogen) atoms. The van der Waals surface area contributed by atoms with Crippen LogP contribution in [0.1, 0.15) is 20.7 Å². The molecule has 1 heterocycles. The van der Waals surface area contributed by atoms with Crippen molar-refractivity contribution in [3.8, 4) is 0 Å². The van der Waals surface area contributed by atoms with Gasteiger partial charge in [-0.2, -0.15) is 0 Å². The molecule has 0 unspecified atom stereocenters. The molecule has 0 bridgehead atoms. The first-order chi connectivity index (χ1) is 12.6. The highest BCUT2D eigenvalue weighted by molar-refractivity contribution is 9.10. The minimum Gasteiger partial charge on any atom is -0.465 e. The summed E-state index contributed by atoms with van der Waals surface area (Å²) >= 11 is 3.53. The molecule has 0 radical (unpaired) electrons. The summed E-state index contributed by atoms with van der Waals surface area (Å²) in [7, 11) is 1.33. The van der Waals surface area contributed by atoms with Crippen molar-refractivity contribution >= 4 is 49.5 Å². The Balaban J connectivity index is 1.96. The number of carbonyl (C=O) groups excluding carboxylic acids is 2. The molecule has 0 aliphatic rings. The smallest absolute Gasteiger partial charge is 0.340 e. The van der Waals surface area contributed by atoms with Crippen LogP contribution in [-0.2, 0) is 4.74 Å². The van der Waals surface area contributed by atoms with Gasteiger partial charge < -0.3 is 4.74 Å². The van der Waals surface area contributed by atoms with E-state index in [9.17, 15) is 9.59 Å². The number of para-hydroxylation sites is 1. The van der Waals surface area contributed by atoms with E-state index in [-0.39, 0.29) is 5.91 Å². The van der Waals surface area contributed by atoms with Gasteiger partial charge in [0.25, 0.3) is 5.91 Å². The molecule has 4 rings (SSSR count). The highest BCUT2D eigenvalue weighted by Crippen LogP contribution is 2.29. The molecule has 0 saturated carbocycles.